The fourth-order valence-corrected chi connectivity index (χ4v) is 4.28. The van der Waals surface area contributed by atoms with Gasteiger partial charge in [-0.25, -0.2) is 4.39 Å². The number of amidine groups is 1. The zero-order valence-corrected chi connectivity index (χ0v) is 13.1. The molecule has 1 aliphatic carbocycles. The van der Waals surface area contributed by atoms with E-state index in [-0.39, 0.29) is 5.82 Å². The highest BCUT2D eigenvalue weighted by Gasteiger charge is 2.34. The fraction of sp³-hybridized carbons (Fsp3) is 0.562. The minimum atomic E-state index is -0.295. The second kappa shape index (κ2) is 6.26. The van der Waals surface area contributed by atoms with Crippen molar-refractivity contribution < 1.29 is 9.13 Å². The van der Waals surface area contributed by atoms with Crippen molar-refractivity contribution in [2.24, 2.45) is 10.4 Å². The molecule has 1 saturated carbocycles. The van der Waals surface area contributed by atoms with Gasteiger partial charge >= 0.3 is 0 Å². The number of nitrogens with zero attached hydrogens (tertiary/aromatic N) is 1. The zero-order chi connectivity index (χ0) is 14.7. The number of anilines is 1. The van der Waals surface area contributed by atoms with E-state index in [0.717, 1.165) is 23.2 Å². The van der Waals surface area contributed by atoms with Crippen LogP contribution < -0.4 is 10.1 Å². The van der Waals surface area contributed by atoms with Crippen LogP contribution in [0.5, 0.6) is 5.75 Å². The molecule has 5 heteroatoms. The van der Waals surface area contributed by atoms with E-state index in [2.05, 4.69) is 5.32 Å². The maximum atomic E-state index is 13.2. The van der Waals surface area contributed by atoms with Crippen LogP contribution >= 0.6 is 11.8 Å². The van der Waals surface area contributed by atoms with E-state index in [1.54, 1.807) is 24.9 Å². The maximum absolute atomic E-state index is 13.2. The molecule has 1 fully saturated rings. The Morgan fingerprint density at radius 3 is 2.76 bits per heavy atom. The molecule has 0 unspecified atom stereocenters. The molecule has 0 radical (unpaired) electrons. The van der Waals surface area contributed by atoms with Crippen molar-refractivity contribution >= 4 is 22.6 Å². The highest BCUT2D eigenvalue weighted by molar-refractivity contribution is 8.14. The molecule has 21 heavy (non-hydrogen) atoms. The standard InChI is InChI=1S/C16H21FN2OS/c1-20-14-9-12(17)5-6-13(14)19-15-18-10-16(11-21-15)7-3-2-4-8-16/h5-6,9H,2-4,7-8,10-11H2,1H3,(H,18,19). The van der Waals surface area contributed by atoms with Crippen LogP contribution in [0.25, 0.3) is 0 Å². The van der Waals surface area contributed by atoms with E-state index in [1.807, 2.05) is 0 Å². The first-order valence-corrected chi connectivity index (χ1v) is 8.47. The van der Waals surface area contributed by atoms with Gasteiger partial charge < -0.3 is 10.1 Å². The number of thioether (sulfide) groups is 1. The van der Waals surface area contributed by atoms with Crippen LogP contribution in [0.15, 0.2) is 23.2 Å². The second-order valence-corrected chi connectivity index (χ2v) is 6.90. The first-order chi connectivity index (χ1) is 10.2. The average Bonchev–Trinajstić information content (AvgIpc) is 2.52. The Kier molecular flexibility index (Phi) is 4.38. The van der Waals surface area contributed by atoms with Gasteiger partial charge in [0.25, 0.3) is 0 Å². The van der Waals surface area contributed by atoms with Crippen LogP contribution in [-0.4, -0.2) is 24.6 Å². The Bertz CT molecular complexity index is 541. The first kappa shape index (κ1) is 14.7. The Hall–Kier alpha value is -1.23. The van der Waals surface area contributed by atoms with Gasteiger partial charge in [0.05, 0.1) is 12.8 Å². The summed E-state index contributed by atoms with van der Waals surface area (Å²) >= 11 is 1.78. The third-order valence-corrected chi connectivity index (χ3v) is 5.65. The Morgan fingerprint density at radius 1 is 1.29 bits per heavy atom. The molecule has 1 aromatic carbocycles. The van der Waals surface area contributed by atoms with Crippen LogP contribution in [0, 0.1) is 11.2 Å². The van der Waals surface area contributed by atoms with Gasteiger partial charge in [0.15, 0.2) is 5.17 Å². The van der Waals surface area contributed by atoms with Gasteiger partial charge in [0.1, 0.15) is 11.6 Å². The molecule has 0 saturated heterocycles. The zero-order valence-electron chi connectivity index (χ0n) is 12.3. The van der Waals surface area contributed by atoms with Crippen LogP contribution in [0.1, 0.15) is 32.1 Å². The summed E-state index contributed by atoms with van der Waals surface area (Å²) in [7, 11) is 1.55. The van der Waals surface area contributed by atoms with Crippen molar-refractivity contribution in [3.63, 3.8) is 0 Å². The molecule has 1 aromatic rings. The Balaban J connectivity index is 1.69. The predicted octanol–water partition coefficient (Wildman–Crippen LogP) is 4.30. The Labute approximate surface area is 129 Å². The summed E-state index contributed by atoms with van der Waals surface area (Å²) < 4.78 is 18.4. The summed E-state index contributed by atoms with van der Waals surface area (Å²) in [6.45, 7) is 0.909. The second-order valence-electron chi connectivity index (χ2n) is 5.94. The van der Waals surface area contributed by atoms with Gasteiger partial charge in [-0.1, -0.05) is 31.0 Å². The number of halogens is 1. The SMILES string of the molecule is COc1cc(F)ccc1NC1=NCC2(CCCCC2)CS1. The third kappa shape index (κ3) is 3.34. The monoisotopic (exact) mass is 308 g/mol. The highest BCUT2D eigenvalue weighted by atomic mass is 32.2. The van der Waals surface area contributed by atoms with E-state index < -0.39 is 0 Å². The first-order valence-electron chi connectivity index (χ1n) is 7.49. The van der Waals surface area contributed by atoms with Crippen molar-refractivity contribution in [1.29, 1.82) is 0 Å². The van der Waals surface area contributed by atoms with Gasteiger partial charge in [-0.2, -0.15) is 0 Å². The maximum Gasteiger partial charge on any atom is 0.161 e. The predicted molar refractivity (Wildman–Crippen MR) is 86.9 cm³/mol. The molecule has 1 spiro atoms. The lowest BCUT2D eigenvalue weighted by Gasteiger charge is -2.38. The van der Waals surface area contributed by atoms with E-state index in [4.69, 9.17) is 9.73 Å². The molecule has 0 aromatic heterocycles. The number of methoxy groups -OCH3 is 1. The number of hydrogen-bond donors (Lipinski definition) is 1. The molecule has 1 aliphatic heterocycles. The van der Waals surface area contributed by atoms with Gasteiger partial charge in [0.2, 0.25) is 0 Å². The summed E-state index contributed by atoms with van der Waals surface area (Å²) in [6.07, 6.45) is 6.65. The summed E-state index contributed by atoms with van der Waals surface area (Å²) in [5, 5.41) is 4.18. The van der Waals surface area contributed by atoms with Gasteiger partial charge in [-0.05, 0) is 30.4 Å². The van der Waals surface area contributed by atoms with Crippen molar-refractivity contribution in [3.8, 4) is 5.75 Å². The topological polar surface area (TPSA) is 33.6 Å². The molecule has 2 aliphatic rings. The molecule has 0 amide bonds. The quantitative estimate of drug-likeness (QED) is 0.884. The molecule has 0 bridgehead atoms. The van der Waals surface area contributed by atoms with Crippen LogP contribution in [0.3, 0.4) is 0 Å². The lowest BCUT2D eigenvalue weighted by Crippen LogP contribution is -2.35. The summed E-state index contributed by atoms with van der Waals surface area (Å²) in [6, 6.07) is 4.52. The molecule has 114 valence electrons. The molecular formula is C16H21FN2OS. The molecular weight excluding hydrogens is 287 g/mol. The fourth-order valence-electron chi connectivity index (χ4n) is 3.12. The number of hydrogen-bond acceptors (Lipinski definition) is 4. The van der Waals surface area contributed by atoms with Crippen molar-refractivity contribution in [3.05, 3.63) is 24.0 Å². The van der Waals surface area contributed by atoms with Gasteiger partial charge in [-0.15, -0.1) is 0 Å². The van der Waals surface area contributed by atoms with Crippen LogP contribution in [-0.2, 0) is 0 Å². The lowest BCUT2D eigenvalue weighted by molar-refractivity contribution is 0.232. The summed E-state index contributed by atoms with van der Waals surface area (Å²) in [4.78, 5) is 4.72. The van der Waals surface area contributed by atoms with Crippen LogP contribution in [0.4, 0.5) is 10.1 Å². The largest absolute Gasteiger partial charge is 0.494 e. The summed E-state index contributed by atoms with van der Waals surface area (Å²) in [5.41, 5.74) is 1.19. The lowest BCUT2D eigenvalue weighted by atomic mass is 9.75. The van der Waals surface area contributed by atoms with Crippen molar-refractivity contribution in [2.75, 3.05) is 24.7 Å². The third-order valence-electron chi connectivity index (χ3n) is 4.39. The molecule has 3 rings (SSSR count). The molecule has 3 nitrogen and oxygen atoms in total. The van der Waals surface area contributed by atoms with E-state index >= 15 is 0 Å². The van der Waals surface area contributed by atoms with E-state index in [9.17, 15) is 4.39 Å². The molecule has 0 atom stereocenters. The molecule has 1 N–H and O–H groups in total. The highest BCUT2D eigenvalue weighted by Crippen LogP contribution is 2.42. The van der Waals surface area contributed by atoms with E-state index in [1.165, 1.54) is 44.2 Å². The number of rotatable bonds is 2. The number of benzene rings is 1. The number of aliphatic imine (C=N–C) groups is 1. The van der Waals surface area contributed by atoms with E-state index in [0.29, 0.717) is 11.2 Å². The minimum Gasteiger partial charge on any atom is -0.494 e. The van der Waals surface area contributed by atoms with Crippen LogP contribution in [0.2, 0.25) is 0 Å². The van der Waals surface area contributed by atoms with Crippen molar-refractivity contribution in [1.82, 2.24) is 0 Å². The van der Waals surface area contributed by atoms with Crippen molar-refractivity contribution in [2.45, 2.75) is 32.1 Å². The van der Waals surface area contributed by atoms with Gasteiger partial charge in [-0.3, -0.25) is 4.99 Å². The number of nitrogens with one attached hydrogen (secondary N) is 1. The minimum absolute atomic E-state index is 0.295. The average molecular weight is 308 g/mol. The number of ether oxygens (including phenoxy) is 1. The Morgan fingerprint density at radius 2 is 2.10 bits per heavy atom. The van der Waals surface area contributed by atoms with Gasteiger partial charge in [0, 0.05) is 18.4 Å². The smallest absolute Gasteiger partial charge is 0.161 e. The molecule has 1 heterocycles. The summed E-state index contributed by atoms with van der Waals surface area (Å²) in [5.74, 6) is 1.34. The normalized spacial score (nSPS) is 21.0.